The third kappa shape index (κ3) is 2.25. The summed E-state index contributed by atoms with van der Waals surface area (Å²) in [6.07, 6.45) is 1.65. The van der Waals surface area contributed by atoms with Gasteiger partial charge in [-0.05, 0) is 35.9 Å². The molecule has 4 nitrogen and oxygen atoms in total. The average molecular weight is 270 g/mol. The van der Waals surface area contributed by atoms with Gasteiger partial charge in [0.2, 0.25) is 0 Å². The smallest absolute Gasteiger partial charge is 0.335 e. The molecule has 0 saturated carbocycles. The van der Waals surface area contributed by atoms with E-state index in [1.807, 2.05) is 4.57 Å². The summed E-state index contributed by atoms with van der Waals surface area (Å²) in [6.45, 7) is 0.559. The molecule has 1 heterocycles. The van der Waals surface area contributed by atoms with E-state index >= 15 is 0 Å². The lowest BCUT2D eigenvalue weighted by molar-refractivity contribution is 0.0697. The molecule has 0 atom stereocenters. The fourth-order valence-electron chi connectivity index (χ4n) is 2.11. The third-order valence-electron chi connectivity index (χ3n) is 3.13. The first-order chi connectivity index (χ1) is 9.63. The minimum atomic E-state index is -0.972. The van der Waals surface area contributed by atoms with Gasteiger partial charge < -0.3 is 9.67 Å². The molecule has 2 aromatic carbocycles. The molecule has 0 amide bonds. The lowest BCUT2D eigenvalue weighted by Gasteiger charge is -2.04. The Morgan fingerprint density at radius 3 is 2.65 bits per heavy atom. The Balaban J connectivity index is 1.96. The van der Waals surface area contributed by atoms with Crippen molar-refractivity contribution < 1.29 is 14.3 Å². The van der Waals surface area contributed by atoms with E-state index in [-0.39, 0.29) is 11.4 Å². The highest BCUT2D eigenvalue weighted by Crippen LogP contribution is 2.16. The fraction of sp³-hybridized carbons (Fsp3) is 0.0667. The van der Waals surface area contributed by atoms with E-state index < -0.39 is 5.97 Å². The maximum atomic E-state index is 12.9. The molecular formula is C15H11FN2O2. The van der Waals surface area contributed by atoms with Crippen LogP contribution in [0, 0.1) is 5.82 Å². The third-order valence-corrected chi connectivity index (χ3v) is 3.13. The van der Waals surface area contributed by atoms with Gasteiger partial charge in [0.05, 0.1) is 22.9 Å². The number of carboxylic acids is 1. The van der Waals surface area contributed by atoms with Gasteiger partial charge in [0, 0.05) is 6.54 Å². The predicted octanol–water partition coefficient (Wildman–Crippen LogP) is 2.92. The molecule has 0 bridgehead atoms. The second-order valence-electron chi connectivity index (χ2n) is 4.51. The van der Waals surface area contributed by atoms with E-state index in [4.69, 9.17) is 5.11 Å². The van der Waals surface area contributed by atoms with E-state index in [9.17, 15) is 9.18 Å². The summed E-state index contributed by atoms with van der Waals surface area (Å²) in [5.41, 5.74) is 2.64. The summed E-state index contributed by atoms with van der Waals surface area (Å²) < 4.78 is 14.8. The topological polar surface area (TPSA) is 55.1 Å². The Kier molecular flexibility index (Phi) is 2.95. The van der Waals surface area contributed by atoms with E-state index in [0.29, 0.717) is 12.1 Å². The molecule has 5 heteroatoms. The fourth-order valence-corrected chi connectivity index (χ4v) is 2.11. The van der Waals surface area contributed by atoms with E-state index in [2.05, 4.69) is 4.98 Å². The number of fused-ring (bicyclic) bond motifs is 1. The van der Waals surface area contributed by atoms with Gasteiger partial charge in [0.25, 0.3) is 0 Å². The molecule has 0 radical (unpaired) electrons. The van der Waals surface area contributed by atoms with Gasteiger partial charge in [0.15, 0.2) is 0 Å². The number of carbonyl (C=O) groups is 1. The zero-order valence-electron chi connectivity index (χ0n) is 10.5. The molecule has 100 valence electrons. The molecule has 0 aliphatic rings. The lowest BCUT2D eigenvalue weighted by atomic mass is 10.2. The Morgan fingerprint density at radius 1 is 1.20 bits per heavy atom. The summed E-state index contributed by atoms with van der Waals surface area (Å²) in [5.74, 6) is -1.24. The van der Waals surface area contributed by atoms with E-state index in [1.165, 1.54) is 12.1 Å². The van der Waals surface area contributed by atoms with Gasteiger partial charge in [-0.3, -0.25) is 0 Å². The Labute approximate surface area is 114 Å². The Morgan fingerprint density at radius 2 is 1.95 bits per heavy atom. The first kappa shape index (κ1) is 12.3. The van der Waals surface area contributed by atoms with Crippen LogP contribution in [-0.4, -0.2) is 20.6 Å². The molecule has 0 saturated heterocycles. The minimum Gasteiger partial charge on any atom is -0.478 e. The second kappa shape index (κ2) is 4.77. The molecule has 0 aliphatic carbocycles. The van der Waals surface area contributed by atoms with Gasteiger partial charge >= 0.3 is 5.97 Å². The van der Waals surface area contributed by atoms with Crippen LogP contribution < -0.4 is 0 Å². The summed E-state index contributed by atoms with van der Waals surface area (Å²) in [4.78, 5) is 15.1. The summed E-state index contributed by atoms with van der Waals surface area (Å²) in [7, 11) is 0. The number of carboxylic acid groups (broad SMARTS) is 1. The van der Waals surface area contributed by atoms with Crippen LogP contribution in [0.2, 0.25) is 0 Å². The van der Waals surface area contributed by atoms with Gasteiger partial charge in [-0.2, -0.15) is 0 Å². The number of aromatic carboxylic acids is 1. The number of halogens is 1. The molecule has 20 heavy (non-hydrogen) atoms. The summed E-state index contributed by atoms with van der Waals surface area (Å²) >= 11 is 0. The molecule has 0 fully saturated rings. The molecule has 3 rings (SSSR count). The van der Waals surface area contributed by atoms with Crippen molar-refractivity contribution in [3.05, 3.63) is 65.7 Å². The van der Waals surface area contributed by atoms with Crippen molar-refractivity contribution in [2.75, 3.05) is 0 Å². The first-order valence-electron chi connectivity index (χ1n) is 6.06. The number of hydrogen-bond donors (Lipinski definition) is 1. The first-order valence-corrected chi connectivity index (χ1v) is 6.06. The highest BCUT2D eigenvalue weighted by atomic mass is 19.1. The highest BCUT2D eigenvalue weighted by molar-refractivity contribution is 5.92. The van der Waals surface area contributed by atoms with Crippen LogP contribution in [0.4, 0.5) is 4.39 Å². The lowest BCUT2D eigenvalue weighted by Crippen LogP contribution is -1.99. The SMILES string of the molecule is O=C(O)c1ccc2c(c1)ncn2Cc1ccc(F)cc1. The van der Waals surface area contributed by atoms with Crippen molar-refractivity contribution in [2.24, 2.45) is 0 Å². The van der Waals surface area contributed by atoms with Crippen molar-refractivity contribution >= 4 is 17.0 Å². The predicted molar refractivity (Wildman–Crippen MR) is 72.2 cm³/mol. The standard InChI is InChI=1S/C15H11FN2O2/c16-12-4-1-10(2-5-12)8-18-9-17-13-7-11(15(19)20)3-6-14(13)18/h1-7,9H,8H2,(H,19,20). The molecule has 0 aliphatic heterocycles. The van der Waals surface area contributed by atoms with Crippen molar-refractivity contribution in [3.63, 3.8) is 0 Å². The van der Waals surface area contributed by atoms with Crippen LogP contribution in [0.25, 0.3) is 11.0 Å². The van der Waals surface area contributed by atoms with Crippen LogP contribution >= 0.6 is 0 Å². The maximum absolute atomic E-state index is 12.9. The molecule has 1 aromatic heterocycles. The maximum Gasteiger partial charge on any atom is 0.335 e. The van der Waals surface area contributed by atoms with Gasteiger partial charge in [0.1, 0.15) is 5.82 Å². The molecule has 3 aromatic rings. The largest absolute Gasteiger partial charge is 0.478 e. The monoisotopic (exact) mass is 270 g/mol. The van der Waals surface area contributed by atoms with Crippen LogP contribution in [0.1, 0.15) is 15.9 Å². The molecule has 0 unspecified atom stereocenters. The molecular weight excluding hydrogens is 259 g/mol. The van der Waals surface area contributed by atoms with E-state index in [0.717, 1.165) is 11.1 Å². The summed E-state index contributed by atoms with van der Waals surface area (Å²) in [6, 6.07) is 11.1. The van der Waals surface area contributed by atoms with Crippen LogP contribution in [0.15, 0.2) is 48.8 Å². The zero-order chi connectivity index (χ0) is 14.1. The zero-order valence-corrected chi connectivity index (χ0v) is 10.5. The number of hydrogen-bond acceptors (Lipinski definition) is 2. The van der Waals surface area contributed by atoms with Gasteiger partial charge in [-0.1, -0.05) is 12.1 Å². The van der Waals surface area contributed by atoms with E-state index in [1.54, 1.807) is 36.7 Å². The van der Waals surface area contributed by atoms with Gasteiger partial charge in [-0.25, -0.2) is 14.2 Å². The van der Waals surface area contributed by atoms with Crippen LogP contribution in [0.5, 0.6) is 0 Å². The van der Waals surface area contributed by atoms with Crippen LogP contribution in [0.3, 0.4) is 0 Å². The van der Waals surface area contributed by atoms with Crippen molar-refractivity contribution in [2.45, 2.75) is 6.54 Å². The molecule has 1 N–H and O–H groups in total. The minimum absolute atomic E-state index is 0.213. The van der Waals surface area contributed by atoms with Crippen LogP contribution in [-0.2, 0) is 6.54 Å². The summed E-state index contributed by atoms with van der Waals surface area (Å²) in [5, 5.41) is 8.94. The highest BCUT2D eigenvalue weighted by Gasteiger charge is 2.08. The molecule has 0 spiro atoms. The average Bonchev–Trinajstić information content (AvgIpc) is 2.84. The Bertz CT molecular complexity index is 778. The Hall–Kier alpha value is -2.69. The second-order valence-corrected chi connectivity index (χ2v) is 4.51. The van der Waals surface area contributed by atoms with Crippen molar-refractivity contribution in [1.82, 2.24) is 9.55 Å². The normalized spacial score (nSPS) is 10.8. The van der Waals surface area contributed by atoms with Crippen molar-refractivity contribution in [1.29, 1.82) is 0 Å². The van der Waals surface area contributed by atoms with Gasteiger partial charge in [-0.15, -0.1) is 0 Å². The number of nitrogens with zero attached hydrogens (tertiary/aromatic N) is 2. The number of benzene rings is 2. The van der Waals surface area contributed by atoms with Crippen molar-refractivity contribution in [3.8, 4) is 0 Å². The number of aromatic nitrogens is 2. The number of imidazole rings is 1. The quantitative estimate of drug-likeness (QED) is 0.796. The number of rotatable bonds is 3.